The Morgan fingerprint density at radius 2 is 1.75 bits per heavy atom. The van der Waals surface area contributed by atoms with Gasteiger partial charge in [0.15, 0.2) is 0 Å². The lowest BCUT2D eigenvalue weighted by Gasteiger charge is -1.82. The van der Waals surface area contributed by atoms with Crippen LogP contribution in [0.5, 0.6) is 5.75 Å². The highest BCUT2D eigenvalue weighted by Gasteiger charge is 1.74. The molecule has 0 amide bonds. The average Bonchev–Trinajstić information content (AvgIpc) is 2.07. The minimum absolute atomic E-state index is 0.322. The van der Waals surface area contributed by atoms with Gasteiger partial charge in [-0.2, -0.15) is 0 Å². The molecule has 0 aromatic heterocycles. The molecule has 1 aromatic rings. The van der Waals surface area contributed by atoms with Crippen molar-refractivity contribution in [1.82, 2.24) is 0 Å². The van der Waals surface area contributed by atoms with Gasteiger partial charge in [0.1, 0.15) is 5.75 Å². The molecule has 0 saturated heterocycles. The molecule has 12 heavy (non-hydrogen) atoms. The molecule has 0 aliphatic heterocycles. The van der Waals surface area contributed by atoms with Crippen LogP contribution in [0.15, 0.2) is 43.0 Å². The molecule has 0 atom stereocenters. The van der Waals surface area contributed by atoms with E-state index < -0.39 is 5.97 Å². The maximum absolute atomic E-state index is 9.25. The molecule has 3 heteroatoms. The van der Waals surface area contributed by atoms with Crippen LogP contribution >= 0.6 is 0 Å². The number of benzene rings is 1. The first-order valence-electron chi connectivity index (χ1n) is 3.26. The summed E-state index contributed by atoms with van der Waals surface area (Å²) >= 11 is 0. The maximum Gasteiger partial charge on any atom is 0.327 e. The molecular weight excluding hydrogens is 156 g/mol. The Morgan fingerprint density at radius 1 is 1.33 bits per heavy atom. The van der Waals surface area contributed by atoms with Crippen molar-refractivity contribution in [3.63, 3.8) is 0 Å². The van der Waals surface area contributed by atoms with E-state index in [2.05, 4.69) is 6.58 Å². The number of phenolic OH excluding ortho intramolecular Hbond substituents is 1. The molecular formula is C9H10O3. The predicted molar refractivity (Wildman–Crippen MR) is 45.9 cm³/mol. The van der Waals surface area contributed by atoms with Crippen molar-refractivity contribution in [2.75, 3.05) is 0 Å². The third kappa shape index (κ3) is 6.35. The Morgan fingerprint density at radius 3 is 1.92 bits per heavy atom. The van der Waals surface area contributed by atoms with E-state index in [1.54, 1.807) is 24.3 Å². The minimum Gasteiger partial charge on any atom is -0.508 e. The lowest BCUT2D eigenvalue weighted by molar-refractivity contribution is -0.131. The Hall–Kier alpha value is -1.77. The van der Waals surface area contributed by atoms with Crippen LogP contribution in [0.2, 0.25) is 0 Å². The molecule has 0 spiro atoms. The minimum atomic E-state index is -0.981. The molecule has 0 unspecified atom stereocenters. The number of aromatic hydroxyl groups is 1. The summed E-state index contributed by atoms with van der Waals surface area (Å²) < 4.78 is 0. The quantitative estimate of drug-likeness (QED) is 0.623. The number of aliphatic carboxylic acids is 1. The zero-order chi connectivity index (χ0) is 9.40. The summed E-state index contributed by atoms with van der Waals surface area (Å²) in [5, 5.41) is 16.2. The molecule has 64 valence electrons. The SMILES string of the molecule is C=CC(=O)O.Oc1ccccc1. The Kier molecular flexibility index (Phi) is 5.09. The van der Waals surface area contributed by atoms with Crippen molar-refractivity contribution in [3.8, 4) is 5.75 Å². The second-order valence-corrected chi connectivity index (χ2v) is 1.88. The molecule has 0 radical (unpaired) electrons. The fourth-order valence-electron chi connectivity index (χ4n) is 0.428. The maximum atomic E-state index is 9.25. The lowest BCUT2D eigenvalue weighted by Crippen LogP contribution is -1.82. The third-order valence-electron chi connectivity index (χ3n) is 0.931. The van der Waals surface area contributed by atoms with Crippen LogP contribution in [0.1, 0.15) is 0 Å². The van der Waals surface area contributed by atoms with Crippen LogP contribution in [0.4, 0.5) is 0 Å². The first-order chi connectivity index (χ1) is 5.66. The highest BCUT2D eigenvalue weighted by Crippen LogP contribution is 2.02. The molecule has 0 aliphatic carbocycles. The van der Waals surface area contributed by atoms with E-state index in [1.807, 2.05) is 6.07 Å². The Bertz CT molecular complexity index is 241. The van der Waals surface area contributed by atoms with E-state index in [9.17, 15) is 4.79 Å². The van der Waals surface area contributed by atoms with Gasteiger partial charge in [-0.05, 0) is 12.1 Å². The largest absolute Gasteiger partial charge is 0.508 e. The summed E-state index contributed by atoms with van der Waals surface area (Å²) in [5.74, 6) is -0.660. The zero-order valence-corrected chi connectivity index (χ0v) is 6.47. The summed E-state index contributed by atoms with van der Waals surface area (Å²) in [6.07, 6.45) is 0.833. The summed E-state index contributed by atoms with van der Waals surface area (Å²) in [4.78, 5) is 9.25. The fraction of sp³-hybridized carbons (Fsp3) is 0. The molecule has 1 aromatic carbocycles. The Labute approximate surface area is 70.6 Å². The van der Waals surface area contributed by atoms with Crippen molar-refractivity contribution in [2.24, 2.45) is 0 Å². The summed E-state index contributed by atoms with van der Waals surface area (Å²) in [6.45, 7) is 2.96. The molecule has 0 aliphatic rings. The normalized spacial score (nSPS) is 7.67. The van der Waals surface area contributed by atoms with E-state index in [1.165, 1.54) is 0 Å². The Balaban J connectivity index is 0.000000217. The van der Waals surface area contributed by atoms with E-state index >= 15 is 0 Å². The van der Waals surface area contributed by atoms with E-state index in [-0.39, 0.29) is 0 Å². The van der Waals surface area contributed by atoms with Gasteiger partial charge in [0.05, 0.1) is 0 Å². The van der Waals surface area contributed by atoms with Crippen molar-refractivity contribution < 1.29 is 15.0 Å². The van der Waals surface area contributed by atoms with Crippen LogP contribution < -0.4 is 0 Å². The van der Waals surface area contributed by atoms with Crippen molar-refractivity contribution in [2.45, 2.75) is 0 Å². The van der Waals surface area contributed by atoms with Gasteiger partial charge in [-0.15, -0.1) is 0 Å². The monoisotopic (exact) mass is 166 g/mol. The molecule has 3 nitrogen and oxygen atoms in total. The van der Waals surface area contributed by atoms with Crippen molar-refractivity contribution in [3.05, 3.63) is 43.0 Å². The van der Waals surface area contributed by atoms with Crippen LogP contribution in [-0.4, -0.2) is 16.2 Å². The van der Waals surface area contributed by atoms with Gasteiger partial charge in [-0.3, -0.25) is 0 Å². The van der Waals surface area contributed by atoms with Crippen molar-refractivity contribution >= 4 is 5.97 Å². The first kappa shape index (κ1) is 10.2. The molecule has 0 bridgehead atoms. The number of carbonyl (C=O) groups is 1. The van der Waals surface area contributed by atoms with Gasteiger partial charge in [-0.25, -0.2) is 4.79 Å². The van der Waals surface area contributed by atoms with Crippen LogP contribution in [0.3, 0.4) is 0 Å². The molecule has 0 heterocycles. The molecule has 0 saturated carbocycles. The summed E-state index contributed by atoms with van der Waals surface area (Å²) in [6, 6.07) is 8.71. The van der Waals surface area contributed by atoms with E-state index in [4.69, 9.17) is 10.2 Å². The first-order valence-corrected chi connectivity index (χ1v) is 3.26. The number of phenols is 1. The molecule has 1 rings (SSSR count). The van der Waals surface area contributed by atoms with Crippen LogP contribution in [0, 0.1) is 0 Å². The smallest absolute Gasteiger partial charge is 0.327 e. The van der Waals surface area contributed by atoms with E-state index in [0.717, 1.165) is 6.08 Å². The second-order valence-electron chi connectivity index (χ2n) is 1.88. The second kappa shape index (κ2) is 5.97. The summed E-state index contributed by atoms with van der Waals surface area (Å²) in [7, 11) is 0. The summed E-state index contributed by atoms with van der Waals surface area (Å²) in [5.41, 5.74) is 0. The standard InChI is InChI=1S/C6H6O.C3H4O2/c7-6-4-2-1-3-5-6;1-2-3(4)5/h1-5,7H;2H,1H2,(H,4,5). The van der Waals surface area contributed by atoms with Crippen LogP contribution in [0.25, 0.3) is 0 Å². The number of hydrogen-bond donors (Lipinski definition) is 2. The number of carboxylic acid groups (broad SMARTS) is 1. The number of carboxylic acids is 1. The topological polar surface area (TPSA) is 57.5 Å². The van der Waals surface area contributed by atoms with E-state index in [0.29, 0.717) is 5.75 Å². The number of hydrogen-bond acceptors (Lipinski definition) is 2. The highest BCUT2D eigenvalue weighted by atomic mass is 16.4. The van der Waals surface area contributed by atoms with Gasteiger partial charge in [0.25, 0.3) is 0 Å². The number of para-hydroxylation sites is 1. The lowest BCUT2D eigenvalue weighted by atomic mass is 10.3. The molecule has 0 fully saturated rings. The molecule has 2 N–H and O–H groups in total. The zero-order valence-electron chi connectivity index (χ0n) is 6.47. The fourth-order valence-corrected chi connectivity index (χ4v) is 0.428. The van der Waals surface area contributed by atoms with Gasteiger partial charge in [-0.1, -0.05) is 24.8 Å². The third-order valence-corrected chi connectivity index (χ3v) is 0.931. The van der Waals surface area contributed by atoms with Gasteiger partial charge in [0.2, 0.25) is 0 Å². The highest BCUT2D eigenvalue weighted by molar-refractivity contribution is 5.78. The van der Waals surface area contributed by atoms with Crippen LogP contribution in [-0.2, 0) is 4.79 Å². The number of rotatable bonds is 1. The van der Waals surface area contributed by atoms with Gasteiger partial charge in [0, 0.05) is 6.08 Å². The average molecular weight is 166 g/mol. The van der Waals surface area contributed by atoms with Gasteiger partial charge >= 0.3 is 5.97 Å². The van der Waals surface area contributed by atoms with Gasteiger partial charge < -0.3 is 10.2 Å². The predicted octanol–water partition coefficient (Wildman–Crippen LogP) is 1.65. The van der Waals surface area contributed by atoms with Crippen molar-refractivity contribution in [1.29, 1.82) is 0 Å².